The van der Waals surface area contributed by atoms with Crippen LogP contribution in [0.1, 0.15) is 18.5 Å². The third-order valence-electron chi connectivity index (χ3n) is 4.48. The van der Waals surface area contributed by atoms with Gasteiger partial charge in [-0.15, -0.1) is 0 Å². The number of hydrogen-bond acceptors (Lipinski definition) is 4. The van der Waals surface area contributed by atoms with Crippen molar-refractivity contribution in [3.8, 4) is 0 Å². The molecular formula is C17H27BrN4O2S. The second-order valence-electron chi connectivity index (χ2n) is 6.35. The van der Waals surface area contributed by atoms with E-state index >= 15 is 0 Å². The molecule has 1 saturated heterocycles. The van der Waals surface area contributed by atoms with Crippen molar-refractivity contribution in [3.63, 3.8) is 0 Å². The van der Waals surface area contributed by atoms with Crippen LogP contribution in [0.15, 0.2) is 33.7 Å². The Morgan fingerprint density at radius 3 is 2.36 bits per heavy atom. The van der Waals surface area contributed by atoms with Crippen LogP contribution in [0.3, 0.4) is 0 Å². The SMILES string of the molecule is CN=C(NCCS(C)(=O)=O)N1CCN(C(C)c2ccc(Br)cc2)CC1. The molecule has 0 bridgehead atoms. The smallest absolute Gasteiger partial charge is 0.193 e. The lowest BCUT2D eigenvalue weighted by molar-refractivity contribution is 0.138. The number of rotatable bonds is 5. The van der Waals surface area contributed by atoms with E-state index in [1.165, 1.54) is 11.8 Å². The van der Waals surface area contributed by atoms with E-state index in [2.05, 4.69) is 67.2 Å². The molecule has 1 aromatic carbocycles. The highest BCUT2D eigenvalue weighted by atomic mass is 79.9. The monoisotopic (exact) mass is 430 g/mol. The molecule has 8 heteroatoms. The molecule has 0 saturated carbocycles. The molecule has 0 aromatic heterocycles. The molecule has 0 amide bonds. The predicted molar refractivity (Wildman–Crippen MR) is 107 cm³/mol. The van der Waals surface area contributed by atoms with Gasteiger partial charge in [-0.3, -0.25) is 9.89 Å². The second-order valence-corrected chi connectivity index (χ2v) is 9.53. The van der Waals surface area contributed by atoms with Crippen molar-refractivity contribution in [2.24, 2.45) is 4.99 Å². The zero-order chi connectivity index (χ0) is 18.4. The first-order chi connectivity index (χ1) is 11.8. The highest BCUT2D eigenvalue weighted by Crippen LogP contribution is 2.23. The molecule has 6 nitrogen and oxygen atoms in total. The summed E-state index contributed by atoms with van der Waals surface area (Å²) >= 11 is 3.48. The Hall–Kier alpha value is -1.12. The molecule has 2 rings (SSSR count). The van der Waals surface area contributed by atoms with Gasteiger partial charge in [-0.1, -0.05) is 28.1 Å². The average molecular weight is 431 g/mol. The summed E-state index contributed by atoms with van der Waals surface area (Å²) in [7, 11) is -1.22. The Labute approximate surface area is 159 Å². The van der Waals surface area contributed by atoms with Crippen LogP contribution < -0.4 is 5.32 Å². The molecule has 1 aromatic rings. The van der Waals surface area contributed by atoms with Crippen LogP contribution in [0, 0.1) is 0 Å². The lowest BCUT2D eigenvalue weighted by Gasteiger charge is -2.39. The lowest BCUT2D eigenvalue weighted by atomic mass is 10.1. The summed E-state index contributed by atoms with van der Waals surface area (Å²) in [5, 5.41) is 3.15. The van der Waals surface area contributed by atoms with Gasteiger partial charge in [0.2, 0.25) is 0 Å². The zero-order valence-electron chi connectivity index (χ0n) is 15.1. The number of benzene rings is 1. The molecule has 140 valence electrons. The number of sulfone groups is 1. The summed E-state index contributed by atoms with van der Waals surface area (Å²) in [6.07, 6.45) is 1.25. The van der Waals surface area contributed by atoms with E-state index in [1.807, 2.05) is 0 Å². The van der Waals surface area contributed by atoms with E-state index in [1.54, 1.807) is 7.05 Å². The van der Waals surface area contributed by atoms with E-state index < -0.39 is 9.84 Å². The molecule has 0 radical (unpaired) electrons. The zero-order valence-corrected chi connectivity index (χ0v) is 17.5. The molecular weight excluding hydrogens is 404 g/mol. The van der Waals surface area contributed by atoms with Crippen LogP contribution in [0.25, 0.3) is 0 Å². The predicted octanol–water partition coefficient (Wildman–Crippen LogP) is 1.75. The van der Waals surface area contributed by atoms with Gasteiger partial charge in [0.05, 0.1) is 5.75 Å². The number of nitrogens with zero attached hydrogens (tertiary/aromatic N) is 3. The van der Waals surface area contributed by atoms with E-state index in [4.69, 9.17) is 0 Å². The van der Waals surface area contributed by atoms with Crippen molar-refractivity contribution in [3.05, 3.63) is 34.3 Å². The third kappa shape index (κ3) is 6.27. The van der Waals surface area contributed by atoms with Gasteiger partial charge in [-0.25, -0.2) is 8.42 Å². The first kappa shape index (κ1) is 20.2. The number of hydrogen-bond donors (Lipinski definition) is 1. The fraction of sp³-hybridized carbons (Fsp3) is 0.588. The first-order valence-electron chi connectivity index (χ1n) is 8.43. The quantitative estimate of drug-likeness (QED) is 0.569. The third-order valence-corrected chi connectivity index (χ3v) is 5.96. The van der Waals surface area contributed by atoms with Crippen molar-refractivity contribution in [1.82, 2.24) is 15.1 Å². The first-order valence-corrected chi connectivity index (χ1v) is 11.3. The van der Waals surface area contributed by atoms with E-state index in [9.17, 15) is 8.42 Å². The molecule has 0 aliphatic carbocycles. The van der Waals surface area contributed by atoms with Gasteiger partial charge in [0.25, 0.3) is 0 Å². The highest BCUT2D eigenvalue weighted by Gasteiger charge is 2.23. The Bertz CT molecular complexity index is 683. The van der Waals surface area contributed by atoms with Crippen molar-refractivity contribution >= 4 is 31.7 Å². The van der Waals surface area contributed by atoms with Crippen molar-refractivity contribution in [1.29, 1.82) is 0 Å². The van der Waals surface area contributed by atoms with Crippen molar-refractivity contribution in [2.45, 2.75) is 13.0 Å². The number of halogens is 1. The van der Waals surface area contributed by atoms with E-state index in [0.717, 1.165) is 36.6 Å². The van der Waals surface area contributed by atoms with Gasteiger partial charge in [-0.05, 0) is 24.6 Å². The minimum absolute atomic E-state index is 0.118. The molecule has 25 heavy (non-hydrogen) atoms. The Kier molecular flexibility index (Phi) is 7.27. The van der Waals surface area contributed by atoms with Crippen LogP contribution >= 0.6 is 15.9 Å². The molecule has 1 atom stereocenters. The topological polar surface area (TPSA) is 65.0 Å². The highest BCUT2D eigenvalue weighted by molar-refractivity contribution is 9.10. The summed E-state index contributed by atoms with van der Waals surface area (Å²) in [5.74, 6) is 0.895. The number of guanidine groups is 1. The molecule has 1 fully saturated rings. The maximum atomic E-state index is 11.2. The molecule has 1 aliphatic rings. The molecule has 1 aliphatic heterocycles. The number of nitrogens with one attached hydrogen (secondary N) is 1. The summed E-state index contributed by atoms with van der Waals surface area (Å²) in [6, 6.07) is 8.85. The summed E-state index contributed by atoms with van der Waals surface area (Å²) in [5.41, 5.74) is 1.31. The maximum Gasteiger partial charge on any atom is 0.193 e. The fourth-order valence-corrected chi connectivity index (χ4v) is 3.69. The van der Waals surface area contributed by atoms with E-state index in [0.29, 0.717) is 12.6 Å². The summed E-state index contributed by atoms with van der Waals surface area (Å²) in [4.78, 5) is 8.93. The van der Waals surface area contributed by atoms with E-state index in [-0.39, 0.29) is 5.75 Å². The summed E-state index contributed by atoms with van der Waals surface area (Å²) in [6.45, 7) is 6.27. The van der Waals surface area contributed by atoms with Crippen molar-refractivity contribution < 1.29 is 8.42 Å². The minimum atomic E-state index is -2.96. The van der Waals surface area contributed by atoms with Crippen LogP contribution in [0.4, 0.5) is 0 Å². The van der Waals surface area contributed by atoms with Gasteiger partial charge in [-0.2, -0.15) is 0 Å². The minimum Gasteiger partial charge on any atom is -0.355 e. The van der Waals surface area contributed by atoms with Crippen LogP contribution in [-0.4, -0.2) is 76.0 Å². The normalized spacial score (nSPS) is 18.2. The van der Waals surface area contributed by atoms with Crippen molar-refractivity contribution in [2.75, 3.05) is 51.8 Å². The van der Waals surface area contributed by atoms with Crippen LogP contribution in [0.5, 0.6) is 0 Å². The van der Waals surface area contributed by atoms with Gasteiger partial charge in [0, 0.05) is 56.5 Å². The molecule has 1 heterocycles. The van der Waals surface area contributed by atoms with Crippen LogP contribution in [0.2, 0.25) is 0 Å². The second kappa shape index (κ2) is 9.00. The largest absolute Gasteiger partial charge is 0.355 e. The van der Waals surface area contributed by atoms with Gasteiger partial charge in [0.1, 0.15) is 9.84 Å². The Morgan fingerprint density at radius 2 is 1.84 bits per heavy atom. The van der Waals surface area contributed by atoms with Gasteiger partial charge < -0.3 is 10.2 Å². The van der Waals surface area contributed by atoms with Crippen LogP contribution in [-0.2, 0) is 9.84 Å². The Balaban J connectivity index is 1.86. The number of piperazine rings is 1. The standard InChI is InChI=1S/C17H27BrN4O2S/c1-14(15-4-6-16(18)7-5-15)21-9-11-22(12-10-21)17(19-2)20-8-13-25(3,23)24/h4-7,14H,8-13H2,1-3H3,(H,19,20). The lowest BCUT2D eigenvalue weighted by Crippen LogP contribution is -2.53. The summed E-state index contributed by atoms with van der Waals surface area (Å²) < 4.78 is 23.6. The van der Waals surface area contributed by atoms with Gasteiger partial charge >= 0.3 is 0 Å². The Morgan fingerprint density at radius 1 is 1.24 bits per heavy atom. The van der Waals surface area contributed by atoms with Gasteiger partial charge in [0.15, 0.2) is 5.96 Å². The maximum absolute atomic E-state index is 11.2. The molecule has 1 N–H and O–H groups in total. The fourth-order valence-electron chi connectivity index (χ4n) is 2.95. The molecule has 1 unspecified atom stereocenters. The molecule has 0 spiro atoms. The average Bonchev–Trinajstić information content (AvgIpc) is 2.58. The number of aliphatic imine (C=N–C) groups is 1.